The number of nitrogens with one attached hydrogen (secondary N) is 1. The SMILES string of the molecule is C=CCC(CC)(CC)CCOc1cc2nnc(NS(=O)(=O)C3CC3)n2cc1C1CC1. The molecule has 1 N–H and O–H groups in total. The third-order valence-electron chi connectivity index (χ3n) is 6.72. The van der Waals surface area contributed by atoms with Crippen LogP contribution in [0.4, 0.5) is 5.95 Å². The quantitative estimate of drug-likeness (QED) is 0.493. The lowest BCUT2D eigenvalue weighted by atomic mass is 9.77. The number of fused-ring (bicyclic) bond motifs is 1. The van der Waals surface area contributed by atoms with E-state index in [1.165, 1.54) is 0 Å². The van der Waals surface area contributed by atoms with Gasteiger partial charge >= 0.3 is 0 Å². The molecule has 0 aliphatic heterocycles. The molecule has 164 valence electrons. The summed E-state index contributed by atoms with van der Waals surface area (Å²) in [5, 5.41) is 7.95. The minimum absolute atomic E-state index is 0.231. The molecule has 2 aliphatic carbocycles. The average molecular weight is 433 g/mol. The number of hydrogen-bond donors (Lipinski definition) is 1. The molecule has 2 heterocycles. The summed E-state index contributed by atoms with van der Waals surface area (Å²) in [4.78, 5) is 0. The Balaban J connectivity index is 1.55. The van der Waals surface area contributed by atoms with Crippen molar-refractivity contribution in [1.82, 2.24) is 14.6 Å². The second-order valence-corrected chi connectivity index (χ2v) is 10.7. The minimum Gasteiger partial charge on any atom is -0.493 e. The zero-order valence-corrected chi connectivity index (χ0v) is 18.7. The van der Waals surface area contributed by atoms with E-state index in [0.29, 0.717) is 31.0 Å². The van der Waals surface area contributed by atoms with Crippen molar-refractivity contribution in [2.45, 2.75) is 76.4 Å². The number of ether oxygens (including phenoxy) is 1. The van der Waals surface area contributed by atoms with Gasteiger partial charge in [-0.15, -0.1) is 16.8 Å². The van der Waals surface area contributed by atoms with Crippen LogP contribution in [-0.4, -0.2) is 34.9 Å². The molecular weight excluding hydrogens is 400 g/mol. The first kappa shape index (κ1) is 21.2. The molecule has 2 fully saturated rings. The minimum atomic E-state index is -3.38. The van der Waals surface area contributed by atoms with Gasteiger partial charge in [-0.2, -0.15) is 0 Å². The third-order valence-corrected chi connectivity index (χ3v) is 8.53. The summed E-state index contributed by atoms with van der Waals surface area (Å²) in [6.45, 7) is 9.02. The number of hydrogen-bond acceptors (Lipinski definition) is 5. The molecule has 0 atom stereocenters. The molecule has 2 aromatic rings. The van der Waals surface area contributed by atoms with Gasteiger partial charge in [0.05, 0.1) is 11.9 Å². The van der Waals surface area contributed by atoms with Crippen LogP contribution in [0.25, 0.3) is 5.65 Å². The van der Waals surface area contributed by atoms with Crippen LogP contribution in [0.2, 0.25) is 0 Å². The van der Waals surface area contributed by atoms with E-state index < -0.39 is 10.0 Å². The fourth-order valence-electron chi connectivity index (χ4n) is 4.09. The summed E-state index contributed by atoms with van der Waals surface area (Å²) in [5.41, 5.74) is 1.93. The van der Waals surface area contributed by atoms with Crippen molar-refractivity contribution in [3.8, 4) is 5.75 Å². The maximum atomic E-state index is 12.3. The molecule has 0 radical (unpaired) electrons. The highest BCUT2D eigenvalue weighted by atomic mass is 32.2. The summed E-state index contributed by atoms with van der Waals surface area (Å²) in [6.07, 6.45) is 11.8. The van der Waals surface area contributed by atoms with Gasteiger partial charge in [0, 0.05) is 17.8 Å². The molecule has 0 bridgehead atoms. The van der Waals surface area contributed by atoms with Crippen molar-refractivity contribution >= 4 is 21.6 Å². The average Bonchev–Trinajstić information content (AvgIpc) is 3.64. The van der Waals surface area contributed by atoms with Crippen molar-refractivity contribution in [2.24, 2.45) is 5.41 Å². The molecule has 0 spiro atoms. The van der Waals surface area contributed by atoms with Gasteiger partial charge in [-0.25, -0.2) is 8.42 Å². The molecule has 0 amide bonds. The van der Waals surface area contributed by atoms with Crippen LogP contribution in [0.5, 0.6) is 5.75 Å². The number of sulfonamides is 1. The molecule has 8 heteroatoms. The smallest absolute Gasteiger partial charge is 0.242 e. The Morgan fingerprint density at radius 3 is 2.60 bits per heavy atom. The van der Waals surface area contributed by atoms with Gasteiger partial charge in [0.15, 0.2) is 5.65 Å². The van der Waals surface area contributed by atoms with E-state index in [1.807, 2.05) is 18.3 Å². The maximum Gasteiger partial charge on any atom is 0.242 e. The third kappa shape index (κ3) is 4.33. The van der Waals surface area contributed by atoms with Gasteiger partial charge in [0.1, 0.15) is 5.75 Å². The van der Waals surface area contributed by atoms with Crippen molar-refractivity contribution in [3.05, 3.63) is 30.5 Å². The Labute approximate surface area is 179 Å². The molecular formula is C22H32N4O3S. The number of allylic oxidation sites excluding steroid dienone is 1. The Morgan fingerprint density at radius 2 is 2.00 bits per heavy atom. The van der Waals surface area contributed by atoms with Gasteiger partial charge < -0.3 is 4.74 Å². The highest BCUT2D eigenvalue weighted by molar-refractivity contribution is 7.93. The first-order valence-electron chi connectivity index (χ1n) is 11.1. The van der Waals surface area contributed by atoms with Crippen molar-refractivity contribution in [1.29, 1.82) is 0 Å². The Morgan fingerprint density at radius 1 is 1.27 bits per heavy atom. The van der Waals surface area contributed by atoms with Crippen LogP contribution >= 0.6 is 0 Å². The van der Waals surface area contributed by atoms with E-state index in [4.69, 9.17) is 4.74 Å². The molecule has 4 rings (SSSR count). The second kappa shape index (κ2) is 8.21. The van der Waals surface area contributed by atoms with Crippen LogP contribution < -0.4 is 9.46 Å². The monoisotopic (exact) mass is 432 g/mol. The highest BCUT2D eigenvalue weighted by Crippen LogP contribution is 2.45. The predicted octanol–water partition coefficient (Wildman–Crippen LogP) is 4.66. The molecule has 2 aromatic heterocycles. The zero-order valence-electron chi connectivity index (χ0n) is 17.9. The van der Waals surface area contributed by atoms with E-state index >= 15 is 0 Å². The summed E-state index contributed by atoms with van der Waals surface area (Å²) in [6, 6.07) is 1.89. The van der Waals surface area contributed by atoms with E-state index in [9.17, 15) is 8.42 Å². The van der Waals surface area contributed by atoms with Crippen molar-refractivity contribution in [2.75, 3.05) is 11.3 Å². The highest BCUT2D eigenvalue weighted by Gasteiger charge is 2.37. The Kier molecular flexibility index (Phi) is 5.79. The first-order valence-corrected chi connectivity index (χ1v) is 12.6. The summed E-state index contributed by atoms with van der Waals surface area (Å²) >= 11 is 0. The van der Waals surface area contributed by atoms with E-state index in [-0.39, 0.29) is 16.6 Å². The van der Waals surface area contributed by atoms with E-state index in [1.54, 1.807) is 4.40 Å². The molecule has 7 nitrogen and oxygen atoms in total. The number of nitrogens with zero attached hydrogens (tertiary/aromatic N) is 3. The van der Waals surface area contributed by atoms with E-state index in [2.05, 4.69) is 35.3 Å². The summed E-state index contributed by atoms with van der Waals surface area (Å²) in [7, 11) is -3.38. The van der Waals surface area contributed by atoms with Crippen LogP contribution in [0.1, 0.15) is 76.7 Å². The van der Waals surface area contributed by atoms with Crippen LogP contribution in [0.3, 0.4) is 0 Å². The molecule has 0 aromatic carbocycles. The molecule has 0 saturated heterocycles. The molecule has 2 aliphatic rings. The fraction of sp³-hybridized carbons (Fsp3) is 0.636. The molecule has 2 saturated carbocycles. The molecule has 30 heavy (non-hydrogen) atoms. The topological polar surface area (TPSA) is 85.6 Å². The lowest BCUT2D eigenvalue weighted by molar-refractivity contribution is 0.181. The number of aromatic nitrogens is 3. The van der Waals surface area contributed by atoms with Crippen molar-refractivity contribution in [3.63, 3.8) is 0 Å². The van der Waals surface area contributed by atoms with Crippen molar-refractivity contribution < 1.29 is 13.2 Å². The summed E-state index contributed by atoms with van der Waals surface area (Å²) in [5.74, 6) is 1.55. The Bertz CT molecular complexity index is 1020. The lowest BCUT2D eigenvalue weighted by Gasteiger charge is -2.30. The van der Waals surface area contributed by atoms with Gasteiger partial charge in [-0.1, -0.05) is 32.8 Å². The van der Waals surface area contributed by atoms with Gasteiger partial charge in [0.25, 0.3) is 0 Å². The Hall–Kier alpha value is -2.09. The summed E-state index contributed by atoms with van der Waals surface area (Å²) < 4.78 is 35.3. The first-order chi connectivity index (χ1) is 14.4. The molecule has 0 unspecified atom stereocenters. The predicted molar refractivity (Wildman–Crippen MR) is 118 cm³/mol. The van der Waals surface area contributed by atoms with Gasteiger partial charge in [-0.05, 0) is 49.9 Å². The normalized spacial score (nSPS) is 17.3. The number of rotatable bonds is 12. The lowest BCUT2D eigenvalue weighted by Crippen LogP contribution is -2.21. The van der Waals surface area contributed by atoms with Crippen LogP contribution in [-0.2, 0) is 10.0 Å². The standard InChI is InChI=1S/C22H32N4O3S/c1-4-11-22(5-2,6-3)12-13-29-19-14-20-23-24-21(25-30(27,28)17-9-10-17)26(20)15-18(19)16-7-8-16/h4,14-17H,1,5-13H2,2-3H3,(H,24,25). The van der Waals surface area contributed by atoms with Crippen LogP contribution in [0, 0.1) is 5.41 Å². The second-order valence-electron chi connectivity index (χ2n) is 8.76. The maximum absolute atomic E-state index is 12.3. The largest absolute Gasteiger partial charge is 0.493 e. The fourth-order valence-corrected chi connectivity index (χ4v) is 5.41. The van der Waals surface area contributed by atoms with Gasteiger partial charge in [-0.3, -0.25) is 9.12 Å². The van der Waals surface area contributed by atoms with Crippen LogP contribution in [0.15, 0.2) is 24.9 Å². The number of pyridine rings is 1. The zero-order chi connectivity index (χ0) is 21.4. The van der Waals surface area contributed by atoms with Gasteiger partial charge in [0.2, 0.25) is 16.0 Å². The number of anilines is 1. The van der Waals surface area contributed by atoms with E-state index in [0.717, 1.165) is 49.8 Å².